The molecule has 0 amide bonds. The Morgan fingerprint density at radius 2 is 1.55 bits per heavy atom. The Hall–Kier alpha value is -2.69. The molecule has 2 nitrogen and oxygen atoms in total. The lowest BCUT2D eigenvalue weighted by molar-refractivity contribution is 0.698. The van der Waals surface area contributed by atoms with Gasteiger partial charge in [0.15, 0.2) is 0 Å². The maximum absolute atomic E-state index is 4.90. The van der Waals surface area contributed by atoms with Gasteiger partial charge in [-0.3, -0.25) is 0 Å². The number of para-hydroxylation sites is 2. The van der Waals surface area contributed by atoms with Crippen LogP contribution in [0.15, 0.2) is 76.5 Å². The molecular formula is C27H22N2S2. The number of nitrogens with zero attached hydrogens (tertiary/aromatic N) is 1. The van der Waals surface area contributed by atoms with Crippen molar-refractivity contribution in [3.8, 4) is 0 Å². The highest BCUT2D eigenvalue weighted by Gasteiger charge is 2.38. The van der Waals surface area contributed by atoms with Gasteiger partial charge in [0.25, 0.3) is 0 Å². The van der Waals surface area contributed by atoms with Crippen molar-refractivity contribution in [3.05, 3.63) is 93.2 Å². The standard InChI is InChI=1S/C27H22N2S2/c1-16-12-13-23-20(14-16)25-24(30-31-26(25)27(2,3)29-23)15-19-17-8-4-6-10-21(17)28-22-11-7-5-9-18(19)22/h4-15,29H,1-3H3/b24-15-. The van der Waals surface area contributed by atoms with Crippen LogP contribution in [0.4, 0.5) is 5.69 Å². The van der Waals surface area contributed by atoms with Gasteiger partial charge in [0.2, 0.25) is 0 Å². The molecular weight excluding hydrogens is 416 g/mol. The summed E-state index contributed by atoms with van der Waals surface area (Å²) < 4.78 is 0. The number of anilines is 1. The van der Waals surface area contributed by atoms with Crippen LogP contribution in [0.5, 0.6) is 0 Å². The van der Waals surface area contributed by atoms with Crippen molar-refractivity contribution < 1.29 is 0 Å². The number of nitrogens with one attached hydrogen (secondary N) is 1. The summed E-state index contributed by atoms with van der Waals surface area (Å²) in [5.41, 5.74) is 8.43. The van der Waals surface area contributed by atoms with Crippen LogP contribution in [0.25, 0.3) is 33.5 Å². The first-order valence-electron chi connectivity index (χ1n) is 10.5. The van der Waals surface area contributed by atoms with Crippen LogP contribution < -0.4 is 5.32 Å². The highest BCUT2D eigenvalue weighted by atomic mass is 33.1. The predicted octanol–water partition coefficient (Wildman–Crippen LogP) is 8.05. The molecule has 6 rings (SSSR count). The Balaban J connectivity index is 1.65. The highest BCUT2D eigenvalue weighted by Crippen LogP contribution is 2.61. The number of fused-ring (bicyclic) bond motifs is 4. The van der Waals surface area contributed by atoms with E-state index < -0.39 is 0 Å². The number of pyridine rings is 1. The van der Waals surface area contributed by atoms with Gasteiger partial charge in [-0.2, -0.15) is 0 Å². The zero-order valence-electron chi connectivity index (χ0n) is 17.7. The summed E-state index contributed by atoms with van der Waals surface area (Å²) in [5, 5.41) is 6.15. The Morgan fingerprint density at radius 3 is 2.26 bits per heavy atom. The minimum Gasteiger partial charge on any atom is -0.375 e. The van der Waals surface area contributed by atoms with Gasteiger partial charge in [-0.1, -0.05) is 69.6 Å². The Bertz CT molecular complexity index is 1390. The van der Waals surface area contributed by atoms with Gasteiger partial charge < -0.3 is 5.32 Å². The van der Waals surface area contributed by atoms with Crippen molar-refractivity contribution in [3.63, 3.8) is 0 Å². The Kier molecular flexibility index (Phi) is 4.24. The second-order valence-corrected chi connectivity index (χ2v) is 10.9. The number of allylic oxidation sites excluding steroid dienone is 1. The number of aromatic nitrogens is 1. The lowest BCUT2D eigenvalue weighted by Crippen LogP contribution is -2.35. The molecule has 2 aliphatic heterocycles. The summed E-state index contributed by atoms with van der Waals surface area (Å²) in [6.07, 6.45) is 2.39. The third-order valence-corrected chi connectivity index (χ3v) is 8.81. The molecule has 152 valence electrons. The van der Waals surface area contributed by atoms with E-state index in [1.807, 2.05) is 21.6 Å². The van der Waals surface area contributed by atoms with Gasteiger partial charge in [0.1, 0.15) is 0 Å². The Labute approximate surface area is 190 Å². The second-order valence-electron chi connectivity index (χ2n) is 8.74. The van der Waals surface area contributed by atoms with Gasteiger partial charge in [0.05, 0.1) is 16.6 Å². The van der Waals surface area contributed by atoms with E-state index in [4.69, 9.17) is 4.98 Å². The summed E-state index contributed by atoms with van der Waals surface area (Å²) in [7, 11) is 3.77. The molecule has 0 radical (unpaired) electrons. The molecule has 0 unspecified atom stereocenters. The molecule has 1 aromatic heterocycles. The lowest BCUT2D eigenvalue weighted by atomic mass is 9.88. The summed E-state index contributed by atoms with van der Waals surface area (Å²) in [4.78, 5) is 7.63. The molecule has 0 spiro atoms. The molecule has 3 aromatic carbocycles. The van der Waals surface area contributed by atoms with E-state index >= 15 is 0 Å². The normalized spacial score (nSPS) is 18.4. The number of benzene rings is 3. The topological polar surface area (TPSA) is 24.9 Å². The van der Waals surface area contributed by atoms with Crippen LogP contribution >= 0.6 is 21.6 Å². The van der Waals surface area contributed by atoms with Gasteiger partial charge in [-0.05, 0) is 56.7 Å². The van der Waals surface area contributed by atoms with Crippen molar-refractivity contribution in [2.24, 2.45) is 0 Å². The fraction of sp³-hybridized carbons (Fsp3) is 0.148. The van der Waals surface area contributed by atoms with Crippen molar-refractivity contribution in [1.82, 2.24) is 4.98 Å². The van der Waals surface area contributed by atoms with E-state index in [1.165, 1.54) is 48.5 Å². The SMILES string of the molecule is Cc1ccc2c(c1)C1=C(SS/C1=C\c1c3ccccc3nc3ccccc13)C(C)(C)N2. The van der Waals surface area contributed by atoms with Crippen LogP contribution in [-0.4, -0.2) is 10.5 Å². The predicted molar refractivity (Wildman–Crippen MR) is 138 cm³/mol. The third kappa shape index (κ3) is 3.00. The van der Waals surface area contributed by atoms with Gasteiger partial charge in [-0.25, -0.2) is 4.98 Å². The average molecular weight is 439 g/mol. The maximum atomic E-state index is 4.90. The molecule has 2 aliphatic rings. The monoisotopic (exact) mass is 438 g/mol. The minimum absolute atomic E-state index is 0.0901. The number of hydrogen-bond donors (Lipinski definition) is 1. The number of aryl methyl sites for hydroxylation is 1. The molecule has 0 fully saturated rings. The summed E-state index contributed by atoms with van der Waals surface area (Å²) in [5.74, 6) is 0. The van der Waals surface area contributed by atoms with Crippen LogP contribution in [0, 0.1) is 6.92 Å². The smallest absolute Gasteiger partial charge is 0.0715 e. The largest absolute Gasteiger partial charge is 0.375 e. The number of rotatable bonds is 1. The third-order valence-electron chi connectivity index (χ3n) is 6.05. The van der Waals surface area contributed by atoms with Crippen molar-refractivity contribution >= 4 is 60.7 Å². The lowest BCUT2D eigenvalue weighted by Gasteiger charge is -2.35. The first-order chi connectivity index (χ1) is 15.0. The molecule has 0 saturated heterocycles. The van der Waals surface area contributed by atoms with E-state index in [1.54, 1.807) is 0 Å². The summed E-state index contributed by atoms with van der Waals surface area (Å²) >= 11 is 0. The van der Waals surface area contributed by atoms with Gasteiger partial charge >= 0.3 is 0 Å². The molecule has 4 aromatic rings. The zero-order valence-corrected chi connectivity index (χ0v) is 19.3. The highest BCUT2D eigenvalue weighted by molar-refractivity contribution is 8.80. The minimum atomic E-state index is -0.0901. The van der Waals surface area contributed by atoms with Gasteiger partial charge in [-0.15, -0.1) is 0 Å². The molecule has 3 heterocycles. The van der Waals surface area contributed by atoms with E-state index in [2.05, 4.69) is 98.9 Å². The summed E-state index contributed by atoms with van der Waals surface area (Å²) in [6.45, 7) is 6.72. The molecule has 0 aliphatic carbocycles. The molecule has 4 heteroatoms. The first-order valence-corrected chi connectivity index (χ1v) is 12.6. The van der Waals surface area contributed by atoms with Crippen LogP contribution in [0.3, 0.4) is 0 Å². The summed E-state index contributed by atoms with van der Waals surface area (Å²) in [6, 6.07) is 23.7. The number of hydrogen-bond acceptors (Lipinski definition) is 4. The quantitative estimate of drug-likeness (QED) is 0.240. The molecule has 0 bridgehead atoms. The fourth-order valence-electron chi connectivity index (χ4n) is 4.58. The van der Waals surface area contributed by atoms with E-state index in [-0.39, 0.29) is 5.54 Å². The van der Waals surface area contributed by atoms with Crippen LogP contribution in [0.1, 0.15) is 30.5 Å². The molecule has 0 saturated carbocycles. The van der Waals surface area contributed by atoms with Crippen LogP contribution in [-0.2, 0) is 0 Å². The van der Waals surface area contributed by atoms with Gasteiger partial charge in [0, 0.05) is 37.4 Å². The Morgan fingerprint density at radius 1 is 0.871 bits per heavy atom. The zero-order chi connectivity index (χ0) is 21.2. The molecule has 0 atom stereocenters. The van der Waals surface area contributed by atoms with Crippen molar-refractivity contribution in [2.45, 2.75) is 26.3 Å². The van der Waals surface area contributed by atoms with E-state index in [0.29, 0.717) is 0 Å². The average Bonchev–Trinajstić information content (AvgIpc) is 3.19. The van der Waals surface area contributed by atoms with Crippen molar-refractivity contribution in [1.29, 1.82) is 0 Å². The van der Waals surface area contributed by atoms with Crippen LogP contribution in [0.2, 0.25) is 0 Å². The van der Waals surface area contributed by atoms with E-state index in [9.17, 15) is 0 Å². The first kappa shape index (κ1) is 19.0. The second kappa shape index (κ2) is 6.91. The van der Waals surface area contributed by atoms with Crippen molar-refractivity contribution in [2.75, 3.05) is 5.32 Å². The maximum Gasteiger partial charge on any atom is 0.0715 e. The fourth-order valence-corrected chi connectivity index (χ4v) is 7.63. The van der Waals surface area contributed by atoms with E-state index in [0.717, 1.165) is 11.0 Å². The molecule has 31 heavy (non-hydrogen) atoms. The molecule has 1 N–H and O–H groups in total.